The predicted molar refractivity (Wildman–Crippen MR) is 126 cm³/mol. The maximum absolute atomic E-state index is 12.9. The van der Waals surface area contributed by atoms with Gasteiger partial charge in [0.25, 0.3) is 0 Å². The summed E-state index contributed by atoms with van der Waals surface area (Å²) in [7, 11) is 0. The Morgan fingerprint density at radius 3 is 2.00 bits per heavy atom. The summed E-state index contributed by atoms with van der Waals surface area (Å²) in [4.78, 5) is 15.1. The molecule has 164 valence electrons. The highest BCUT2D eigenvalue weighted by Gasteiger charge is 2.48. The van der Waals surface area contributed by atoms with E-state index in [-0.39, 0.29) is 11.5 Å². The van der Waals surface area contributed by atoms with Gasteiger partial charge in [-0.15, -0.1) is 0 Å². The number of Topliss-reactive ketones (excluding diaryl/α,β-unsaturated/α-hetero) is 1. The number of benzene rings is 3. The van der Waals surface area contributed by atoms with Crippen LogP contribution in [0.25, 0.3) is 11.1 Å². The van der Waals surface area contributed by atoms with Crippen LogP contribution in [0, 0.1) is 11.8 Å². The SMILES string of the molecule is O=C(CN1CC2CC(O)(Cc3ccccc3)CC2C1)c1ccc(-c2ccc(O)cc2)cc1. The molecule has 0 spiro atoms. The lowest BCUT2D eigenvalue weighted by Gasteiger charge is -2.26. The molecular weight excluding hydrogens is 398 g/mol. The molecule has 2 aliphatic rings. The van der Waals surface area contributed by atoms with Crippen LogP contribution in [0.4, 0.5) is 0 Å². The second-order valence-corrected chi connectivity index (χ2v) is 9.56. The van der Waals surface area contributed by atoms with Gasteiger partial charge in [-0.1, -0.05) is 66.7 Å². The van der Waals surface area contributed by atoms with Crippen LogP contribution >= 0.6 is 0 Å². The lowest BCUT2D eigenvalue weighted by Crippen LogP contribution is -2.34. The molecule has 3 aromatic rings. The van der Waals surface area contributed by atoms with Gasteiger partial charge in [-0.25, -0.2) is 0 Å². The number of hydrogen-bond donors (Lipinski definition) is 2. The largest absolute Gasteiger partial charge is 0.508 e. The number of aliphatic hydroxyl groups is 1. The fourth-order valence-corrected chi connectivity index (χ4v) is 5.60. The van der Waals surface area contributed by atoms with E-state index in [0.29, 0.717) is 24.8 Å². The first-order valence-corrected chi connectivity index (χ1v) is 11.4. The summed E-state index contributed by atoms with van der Waals surface area (Å²) in [6.07, 6.45) is 2.35. The summed E-state index contributed by atoms with van der Waals surface area (Å²) in [6.45, 7) is 2.21. The Labute approximate surface area is 189 Å². The molecule has 4 heteroatoms. The first-order chi connectivity index (χ1) is 15.5. The van der Waals surface area contributed by atoms with Gasteiger partial charge in [0, 0.05) is 25.1 Å². The van der Waals surface area contributed by atoms with Gasteiger partial charge >= 0.3 is 0 Å². The number of likely N-dealkylation sites (tertiary alicyclic amines) is 1. The Hall–Kier alpha value is -2.95. The minimum atomic E-state index is -0.614. The molecule has 2 atom stereocenters. The monoisotopic (exact) mass is 427 g/mol. The molecule has 32 heavy (non-hydrogen) atoms. The molecule has 2 N–H and O–H groups in total. The molecule has 2 fully saturated rings. The standard InChI is InChI=1S/C28H29NO3/c30-26-12-10-22(11-13-26)21-6-8-23(9-7-21)27(31)19-29-17-24-15-28(32,16-25(24)18-29)14-20-4-2-1-3-5-20/h1-13,24-25,30,32H,14-19H2. The summed E-state index contributed by atoms with van der Waals surface area (Å²) in [6, 6.07) is 25.0. The third-order valence-corrected chi connectivity index (χ3v) is 7.09. The highest BCUT2D eigenvalue weighted by atomic mass is 16.3. The molecule has 0 bridgehead atoms. The summed E-state index contributed by atoms with van der Waals surface area (Å²) in [5.41, 5.74) is 3.34. The van der Waals surface area contributed by atoms with E-state index in [0.717, 1.165) is 42.6 Å². The quantitative estimate of drug-likeness (QED) is 0.567. The zero-order valence-electron chi connectivity index (χ0n) is 18.2. The van der Waals surface area contributed by atoms with Crippen molar-refractivity contribution < 1.29 is 15.0 Å². The molecule has 1 aliphatic carbocycles. The maximum atomic E-state index is 12.9. The number of phenols is 1. The molecule has 1 saturated heterocycles. The van der Waals surface area contributed by atoms with Gasteiger partial charge in [0.1, 0.15) is 5.75 Å². The van der Waals surface area contributed by atoms with Crippen LogP contribution < -0.4 is 0 Å². The molecule has 1 heterocycles. The second kappa shape index (κ2) is 8.53. The highest BCUT2D eigenvalue weighted by Crippen LogP contribution is 2.45. The van der Waals surface area contributed by atoms with Crippen molar-refractivity contribution in [2.45, 2.75) is 24.9 Å². The third-order valence-electron chi connectivity index (χ3n) is 7.09. The number of rotatable bonds is 6. The Bertz CT molecular complexity index is 1060. The Morgan fingerprint density at radius 2 is 1.41 bits per heavy atom. The van der Waals surface area contributed by atoms with Gasteiger partial charge in [-0.05, 0) is 53.5 Å². The Morgan fingerprint density at radius 1 is 0.844 bits per heavy atom. The number of phenolic OH excluding ortho intramolecular Hbond substituents is 1. The van der Waals surface area contributed by atoms with Crippen LogP contribution in [0.15, 0.2) is 78.9 Å². The van der Waals surface area contributed by atoms with E-state index in [1.807, 2.05) is 54.6 Å². The highest BCUT2D eigenvalue weighted by molar-refractivity contribution is 5.98. The van der Waals surface area contributed by atoms with Crippen molar-refractivity contribution in [2.24, 2.45) is 11.8 Å². The van der Waals surface area contributed by atoms with E-state index in [2.05, 4.69) is 17.0 Å². The van der Waals surface area contributed by atoms with Crippen molar-refractivity contribution in [1.29, 1.82) is 0 Å². The van der Waals surface area contributed by atoms with Crippen LogP contribution in [0.2, 0.25) is 0 Å². The lowest BCUT2D eigenvalue weighted by atomic mass is 9.91. The zero-order valence-corrected chi connectivity index (χ0v) is 18.2. The van der Waals surface area contributed by atoms with Gasteiger partial charge in [0.2, 0.25) is 0 Å². The predicted octanol–water partition coefficient (Wildman–Crippen LogP) is 4.56. The minimum Gasteiger partial charge on any atom is -0.508 e. The maximum Gasteiger partial charge on any atom is 0.176 e. The first-order valence-electron chi connectivity index (χ1n) is 11.4. The van der Waals surface area contributed by atoms with Crippen molar-refractivity contribution in [1.82, 2.24) is 4.90 Å². The van der Waals surface area contributed by atoms with Crippen molar-refractivity contribution in [2.75, 3.05) is 19.6 Å². The molecule has 0 radical (unpaired) electrons. The summed E-state index contributed by atoms with van der Waals surface area (Å²) in [5, 5.41) is 20.6. The van der Waals surface area contributed by atoms with E-state index in [1.165, 1.54) is 5.56 Å². The number of carbonyl (C=O) groups excluding carboxylic acids is 1. The number of fused-ring (bicyclic) bond motifs is 1. The zero-order chi connectivity index (χ0) is 22.1. The summed E-state index contributed by atoms with van der Waals surface area (Å²) >= 11 is 0. The van der Waals surface area contributed by atoms with Crippen molar-refractivity contribution in [3.05, 3.63) is 90.0 Å². The number of hydrogen-bond acceptors (Lipinski definition) is 4. The van der Waals surface area contributed by atoms with Gasteiger partial charge in [0.15, 0.2) is 5.78 Å². The number of ketones is 1. The average Bonchev–Trinajstić information content (AvgIpc) is 3.28. The van der Waals surface area contributed by atoms with E-state index >= 15 is 0 Å². The van der Waals surface area contributed by atoms with Gasteiger partial charge < -0.3 is 10.2 Å². The Kier molecular flexibility index (Phi) is 5.58. The fraction of sp³-hybridized carbons (Fsp3) is 0.321. The van der Waals surface area contributed by atoms with Crippen LogP contribution in [0.1, 0.15) is 28.8 Å². The second-order valence-electron chi connectivity index (χ2n) is 9.56. The molecule has 0 amide bonds. The van der Waals surface area contributed by atoms with E-state index in [4.69, 9.17) is 0 Å². The van der Waals surface area contributed by atoms with Crippen LogP contribution in [-0.2, 0) is 6.42 Å². The van der Waals surface area contributed by atoms with Gasteiger partial charge in [-0.2, -0.15) is 0 Å². The molecule has 0 aromatic heterocycles. The molecule has 5 rings (SSSR count). The molecule has 1 saturated carbocycles. The molecule has 1 aliphatic heterocycles. The normalized spacial score (nSPS) is 25.0. The smallest absolute Gasteiger partial charge is 0.176 e. The average molecular weight is 428 g/mol. The summed E-state index contributed by atoms with van der Waals surface area (Å²) < 4.78 is 0. The molecule has 2 unspecified atom stereocenters. The third kappa shape index (κ3) is 4.47. The van der Waals surface area contributed by atoms with Crippen LogP contribution in [0.3, 0.4) is 0 Å². The van der Waals surface area contributed by atoms with Crippen molar-refractivity contribution in [3.63, 3.8) is 0 Å². The minimum absolute atomic E-state index is 0.141. The van der Waals surface area contributed by atoms with Crippen LogP contribution in [0.5, 0.6) is 5.75 Å². The summed E-state index contributed by atoms with van der Waals surface area (Å²) in [5.74, 6) is 1.32. The van der Waals surface area contributed by atoms with E-state index in [1.54, 1.807) is 12.1 Å². The topological polar surface area (TPSA) is 60.8 Å². The number of aromatic hydroxyl groups is 1. The Balaban J connectivity index is 1.16. The first kappa shape index (κ1) is 20.9. The van der Waals surface area contributed by atoms with Gasteiger partial charge in [-0.3, -0.25) is 9.69 Å². The van der Waals surface area contributed by atoms with Crippen LogP contribution in [-0.4, -0.2) is 46.1 Å². The van der Waals surface area contributed by atoms with Crippen molar-refractivity contribution in [3.8, 4) is 16.9 Å². The van der Waals surface area contributed by atoms with Gasteiger partial charge in [0.05, 0.1) is 12.1 Å². The number of nitrogens with zero attached hydrogens (tertiary/aromatic N) is 1. The number of carbonyl (C=O) groups is 1. The fourth-order valence-electron chi connectivity index (χ4n) is 5.60. The van der Waals surface area contributed by atoms with Crippen molar-refractivity contribution >= 4 is 5.78 Å². The lowest BCUT2D eigenvalue weighted by molar-refractivity contribution is 0.0355. The molecule has 4 nitrogen and oxygen atoms in total. The van der Waals surface area contributed by atoms with E-state index in [9.17, 15) is 15.0 Å². The molecule has 3 aromatic carbocycles. The van der Waals surface area contributed by atoms with E-state index < -0.39 is 5.60 Å². The molecular formula is C28H29NO3.